The van der Waals surface area contributed by atoms with Crippen LogP contribution >= 0.6 is 23.4 Å². The molecule has 5 nitrogen and oxygen atoms in total. The molecule has 0 saturated carbocycles. The Morgan fingerprint density at radius 1 is 1.30 bits per heavy atom. The molecule has 0 fully saturated rings. The van der Waals surface area contributed by atoms with Crippen LogP contribution in [0.15, 0.2) is 60.0 Å². The smallest absolute Gasteiger partial charge is 0.253 e. The maximum Gasteiger partial charge on any atom is 0.253 e. The molecule has 0 unspecified atom stereocenters. The molecule has 0 aliphatic rings. The maximum absolute atomic E-state index is 12.9. The zero-order valence-corrected chi connectivity index (χ0v) is 16.9. The van der Waals surface area contributed by atoms with Crippen molar-refractivity contribution in [2.75, 3.05) is 20.4 Å². The summed E-state index contributed by atoms with van der Waals surface area (Å²) >= 11 is 7.65. The topological polar surface area (TPSA) is 47.4 Å². The van der Waals surface area contributed by atoms with Gasteiger partial charge in [0, 0.05) is 47.8 Å². The Hall–Kier alpha value is -2.44. The van der Waals surface area contributed by atoms with Crippen molar-refractivity contribution in [2.45, 2.75) is 11.7 Å². The zero-order valence-electron chi connectivity index (χ0n) is 15.3. The number of hydrogen-bond donors (Lipinski definition) is 0. The lowest BCUT2D eigenvalue weighted by Gasteiger charge is -2.19. The van der Waals surface area contributed by atoms with E-state index in [0.717, 1.165) is 16.4 Å². The first kappa shape index (κ1) is 19.3. The molecule has 0 radical (unpaired) electrons. The highest BCUT2D eigenvalue weighted by molar-refractivity contribution is 7.98. The number of rotatable bonds is 6. The van der Waals surface area contributed by atoms with Crippen molar-refractivity contribution in [3.63, 3.8) is 0 Å². The van der Waals surface area contributed by atoms with Crippen molar-refractivity contribution in [1.82, 2.24) is 14.5 Å². The lowest BCUT2D eigenvalue weighted by molar-refractivity contribution is 0.0784. The average Bonchev–Trinajstić information content (AvgIpc) is 3.16. The van der Waals surface area contributed by atoms with Gasteiger partial charge in [0.2, 0.25) is 0 Å². The van der Waals surface area contributed by atoms with Crippen LogP contribution in [0.5, 0.6) is 5.75 Å². The summed E-state index contributed by atoms with van der Waals surface area (Å²) in [6, 6.07) is 12.9. The number of amides is 1. The van der Waals surface area contributed by atoms with E-state index in [1.165, 1.54) is 0 Å². The van der Waals surface area contributed by atoms with Gasteiger partial charge in [0.05, 0.1) is 7.11 Å². The van der Waals surface area contributed by atoms with E-state index < -0.39 is 0 Å². The predicted octanol–water partition coefficient (Wildman–Crippen LogP) is 4.53. The van der Waals surface area contributed by atoms with Gasteiger partial charge in [-0.3, -0.25) is 9.36 Å². The van der Waals surface area contributed by atoms with Crippen LogP contribution in [0.2, 0.25) is 5.02 Å². The number of carbonyl (C=O) groups is 1. The fraction of sp³-hybridized carbons (Fsp3) is 0.200. The molecule has 0 bridgehead atoms. The lowest BCUT2D eigenvalue weighted by Crippen LogP contribution is -2.26. The van der Waals surface area contributed by atoms with Crippen LogP contribution in [-0.2, 0) is 6.54 Å². The van der Waals surface area contributed by atoms with E-state index in [9.17, 15) is 4.79 Å². The summed E-state index contributed by atoms with van der Waals surface area (Å²) in [5.41, 5.74) is 2.37. The van der Waals surface area contributed by atoms with Gasteiger partial charge in [-0.15, -0.1) is 0 Å². The zero-order chi connectivity index (χ0) is 19.4. The number of aromatic nitrogens is 2. The number of nitrogens with zero attached hydrogens (tertiary/aromatic N) is 3. The van der Waals surface area contributed by atoms with E-state index in [1.807, 2.05) is 47.4 Å². The highest BCUT2D eigenvalue weighted by atomic mass is 35.5. The van der Waals surface area contributed by atoms with Crippen molar-refractivity contribution in [2.24, 2.45) is 0 Å². The molecule has 0 saturated heterocycles. The van der Waals surface area contributed by atoms with Crippen LogP contribution in [0.4, 0.5) is 0 Å². The van der Waals surface area contributed by atoms with E-state index in [4.69, 9.17) is 16.3 Å². The minimum atomic E-state index is -0.0790. The van der Waals surface area contributed by atoms with E-state index in [0.29, 0.717) is 22.9 Å². The largest absolute Gasteiger partial charge is 0.496 e. The van der Waals surface area contributed by atoms with Crippen LogP contribution in [0.1, 0.15) is 15.9 Å². The van der Waals surface area contributed by atoms with E-state index in [1.54, 1.807) is 49.1 Å². The van der Waals surface area contributed by atoms with E-state index >= 15 is 0 Å². The highest BCUT2D eigenvalue weighted by Crippen LogP contribution is 2.25. The SMILES string of the molecule is COc1ccc(Cl)cc1CN(C)C(=O)c1cccc(-n2ccnc2SC)c1. The number of methoxy groups -OCH3 is 1. The van der Waals surface area contributed by atoms with Gasteiger partial charge >= 0.3 is 0 Å². The number of hydrogen-bond acceptors (Lipinski definition) is 4. The van der Waals surface area contributed by atoms with Gasteiger partial charge in [-0.25, -0.2) is 4.98 Å². The molecule has 3 rings (SSSR count). The third kappa shape index (κ3) is 4.28. The molecule has 140 valence electrons. The molecule has 7 heteroatoms. The molecule has 0 aliphatic heterocycles. The van der Waals surface area contributed by atoms with Crippen molar-refractivity contribution in [3.05, 3.63) is 71.0 Å². The van der Waals surface area contributed by atoms with Crippen molar-refractivity contribution >= 4 is 29.3 Å². The molecule has 0 spiro atoms. The van der Waals surface area contributed by atoms with Crippen LogP contribution in [0, 0.1) is 0 Å². The fourth-order valence-corrected chi connectivity index (χ4v) is 3.57. The summed E-state index contributed by atoms with van der Waals surface area (Å²) < 4.78 is 7.33. The quantitative estimate of drug-likeness (QED) is 0.569. The summed E-state index contributed by atoms with van der Waals surface area (Å²) in [5, 5.41) is 1.48. The summed E-state index contributed by atoms with van der Waals surface area (Å²) in [6.45, 7) is 0.397. The first-order valence-electron chi connectivity index (χ1n) is 8.29. The maximum atomic E-state index is 12.9. The summed E-state index contributed by atoms with van der Waals surface area (Å²) in [7, 11) is 3.37. The van der Waals surface area contributed by atoms with Gasteiger partial charge < -0.3 is 9.64 Å². The number of benzene rings is 2. The average molecular weight is 402 g/mol. The van der Waals surface area contributed by atoms with Crippen LogP contribution in [0.3, 0.4) is 0 Å². The van der Waals surface area contributed by atoms with Gasteiger partial charge in [-0.2, -0.15) is 0 Å². The molecule has 27 heavy (non-hydrogen) atoms. The van der Waals surface area contributed by atoms with Crippen LogP contribution in [-0.4, -0.2) is 40.8 Å². The van der Waals surface area contributed by atoms with Crippen molar-refractivity contribution < 1.29 is 9.53 Å². The number of ether oxygens (including phenoxy) is 1. The standard InChI is InChI=1S/C20H20ClN3O2S/c1-23(13-15-11-16(21)7-8-18(15)26-2)19(25)14-5-4-6-17(12-14)24-10-9-22-20(24)27-3/h4-12H,13H2,1-3H3. The second-order valence-corrected chi connectivity index (χ2v) is 7.16. The summed E-state index contributed by atoms with van der Waals surface area (Å²) in [4.78, 5) is 18.9. The van der Waals surface area contributed by atoms with Gasteiger partial charge in [0.15, 0.2) is 5.16 Å². The normalized spacial score (nSPS) is 10.7. The highest BCUT2D eigenvalue weighted by Gasteiger charge is 2.16. The molecule has 1 heterocycles. The van der Waals surface area contributed by atoms with E-state index in [-0.39, 0.29) is 5.91 Å². The Bertz CT molecular complexity index is 958. The number of halogens is 1. The monoisotopic (exact) mass is 401 g/mol. The molecular formula is C20H20ClN3O2S. The van der Waals surface area contributed by atoms with Crippen LogP contribution in [0.25, 0.3) is 5.69 Å². The van der Waals surface area contributed by atoms with Gasteiger partial charge in [-0.1, -0.05) is 29.4 Å². The van der Waals surface area contributed by atoms with Gasteiger partial charge in [0.1, 0.15) is 5.75 Å². The minimum Gasteiger partial charge on any atom is -0.496 e. The summed E-state index contributed by atoms with van der Waals surface area (Å²) in [5.74, 6) is 0.625. The molecule has 3 aromatic rings. The van der Waals surface area contributed by atoms with Crippen molar-refractivity contribution in [1.29, 1.82) is 0 Å². The van der Waals surface area contributed by atoms with Gasteiger partial charge in [-0.05, 0) is 42.7 Å². The number of imidazole rings is 1. The molecule has 0 aliphatic carbocycles. The Balaban J connectivity index is 1.84. The fourth-order valence-electron chi connectivity index (χ4n) is 2.84. The third-order valence-corrected chi connectivity index (χ3v) is 5.06. The molecule has 0 N–H and O–H groups in total. The molecule has 0 atom stereocenters. The van der Waals surface area contributed by atoms with Gasteiger partial charge in [0.25, 0.3) is 5.91 Å². The Morgan fingerprint density at radius 3 is 2.85 bits per heavy atom. The second kappa shape index (κ2) is 8.50. The summed E-state index contributed by atoms with van der Waals surface area (Å²) in [6.07, 6.45) is 5.60. The third-order valence-electron chi connectivity index (χ3n) is 4.16. The Labute approximate surface area is 167 Å². The number of carbonyl (C=O) groups excluding carboxylic acids is 1. The first-order chi connectivity index (χ1) is 13.0. The molecule has 2 aromatic carbocycles. The van der Waals surface area contributed by atoms with Crippen LogP contribution < -0.4 is 4.74 Å². The molecular weight excluding hydrogens is 382 g/mol. The molecule has 1 amide bonds. The van der Waals surface area contributed by atoms with Crippen molar-refractivity contribution in [3.8, 4) is 11.4 Å². The lowest BCUT2D eigenvalue weighted by atomic mass is 10.1. The Morgan fingerprint density at radius 2 is 2.11 bits per heavy atom. The van der Waals surface area contributed by atoms with E-state index in [2.05, 4.69) is 4.98 Å². The minimum absolute atomic E-state index is 0.0790. The Kier molecular flexibility index (Phi) is 6.08. The second-order valence-electron chi connectivity index (χ2n) is 5.95. The first-order valence-corrected chi connectivity index (χ1v) is 9.89. The number of thioether (sulfide) groups is 1. The molecule has 1 aromatic heterocycles. The predicted molar refractivity (Wildman–Crippen MR) is 109 cm³/mol.